The van der Waals surface area contributed by atoms with E-state index in [-0.39, 0.29) is 11.8 Å². The molecule has 0 unspecified atom stereocenters. The summed E-state index contributed by atoms with van der Waals surface area (Å²) in [5.41, 5.74) is 0. The Bertz CT molecular complexity index is 618. The molecule has 3 fully saturated rings. The zero-order valence-electron chi connectivity index (χ0n) is 16.0. The third-order valence-corrected chi connectivity index (χ3v) is 7.01. The molecule has 1 aromatic rings. The molecule has 1 aromatic heterocycles. The standard InChI is InChI=1S/C21H31FN4O/c22-19-12-24-20(13-23-19)25-17-8-10-18(11-9-17)26-21(27)16-6-4-15(5-7-16)14-2-1-3-14/h12-18H,1-11H2,(H,24,25)(H,26,27). The first-order valence-electron chi connectivity index (χ1n) is 10.7. The minimum absolute atomic E-state index is 0.228. The molecule has 5 nitrogen and oxygen atoms in total. The highest BCUT2D eigenvalue weighted by Gasteiger charge is 2.34. The number of carbonyl (C=O) groups is 1. The average Bonchev–Trinajstić information content (AvgIpc) is 2.64. The van der Waals surface area contributed by atoms with E-state index < -0.39 is 5.95 Å². The third-order valence-electron chi connectivity index (χ3n) is 7.01. The van der Waals surface area contributed by atoms with Crippen molar-refractivity contribution in [1.82, 2.24) is 15.3 Å². The summed E-state index contributed by atoms with van der Waals surface area (Å²) in [6.45, 7) is 0. The van der Waals surface area contributed by atoms with Crippen LogP contribution >= 0.6 is 0 Å². The van der Waals surface area contributed by atoms with E-state index in [1.807, 2.05) is 0 Å². The highest BCUT2D eigenvalue weighted by atomic mass is 19.1. The normalized spacial score (nSPS) is 31.7. The lowest BCUT2D eigenvalue weighted by Crippen LogP contribution is -2.43. The minimum atomic E-state index is -0.561. The summed E-state index contributed by atoms with van der Waals surface area (Å²) in [5, 5.41) is 6.63. The lowest BCUT2D eigenvalue weighted by molar-refractivity contribution is -0.127. The Labute approximate surface area is 160 Å². The molecule has 0 radical (unpaired) electrons. The molecule has 27 heavy (non-hydrogen) atoms. The van der Waals surface area contributed by atoms with E-state index in [1.54, 1.807) is 0 Å². The van der Waals surface area contributed by atoms with Crippen LogP contribution in [0.1, 0.15) is 70.6 Å². The van der Waals surface area contributed by atoms with Gasteiger partial charge in [0.1, 0.15) is 5.82 Å². The maximum Gasteiger partial charge on any atom is 0.231 e. The second kappa shape index (κ2) is 8.53. The van der Waals surface area contributed by atoms with Gasteiger partial charge in [-0.3, -0.25) is 4.79 Å². The van der Waals surface area contributed by atoms with Gasteiger partial charge in [-0.1, -0.05) is 19.3 Å². The predicted molar refractivity (Wildman–Crippen MR) is 103 cm³/mol. The van der Waals surface area contributed by atoms with Crippen LogP contribution in [0.5, 0.6) is 0 Å². The molecular formula is C21H31FN4O. The number of carbonyl (C=O) groups excluding carboxylic acids is 1. The van der Waals surface area contributed by atoms with Gasteiger partial charge in [0.05, 0.1) is 12.4 Å². The Morgan fingerprint density at radius 1 is 0.852 bits per heavy atom. The Kier molecular flexibility index (Phi) is 5.89. The van der Waals surface area contributed by atoms with Crippen LogP contribution in [0.2, 0.25) is 0 Å². The summed E-state index contributed by atoms with van der Waals surface area (Å²) in [7, 11) is 0. The van der Waals surface area contributed by atoms with E-state index in [4.69, 9.17) is 0 Å². The molecule has 3 aliphatic carbocycles. The fourth-order valence-corrected chi connectivity index (χ4v) is 5.06. The molecule has 0 spiro atoms. The minimum Gasteiger partial charge on any atom is -0.366 e. The van der Waals surface area contributed by atoms with Crippen molar-refractivity contribution in [1.29, 1.82) is 0 Å². The second-order valence-corrected chi connectivity index (χ2v) is 8.73. The quantitative estimate of drug-likeness (QED) is 0.816. The zero-order valence-corrected chi connectivity index (χ0v) is 16.0. The Balaban J connectivity index is 1.16. The first kappa shape index (κ1) is 18.6. The highest BCUT2D eigenvalue weighted by molar-refractivity contribution is 5.79. The van der Waals surface area contributed by atoms with E-state index in [9.17, 15) is 9.18 Å². The summed E-state index contributed by atoms with van der Waals surface area (Å²) < 4.78 is 12.8. The van der Waals surface area contributed by atoms with Gasteiger partial charge in [-0.05, 0) is 63.2 Å². The van der Waals surface area contributed by atoms with Gasteiger partial charge >= 0.3 is 0 Å². The fourth-order valence-electron chi connectivity index (χ4n) is 5.06. The Hall–Kier alpha value is -1.72. The smallest absolute Gasteiger partial charge is 0.231 e. The van der Waals surface area contributed by atoms with Crippen molar-refractivity contribution < 1.29 is 9.18 Å². The zero-order chi connectivity index (χ0) is 18.6. The molecule has 0 aromatic carbocycles. The van der Waals surface area contributed by atoms with Gasteiger partial charge in [0.15, 0.2) is 0 Å². The van der Waals surface area contributed by atoms with Crippen LogP contribution in [-0.2, 0) is 4.79 Å². The number of nitrogens with zero attached hydrogens (tertiary/aromatic N) is 2. The van der Waals surface area contributed by atoms with Crippen LogP contribution in [0.3, 0.4) is 0 Å². The van der Waals surface area contributed by atoms with Crippen LogP contribution in [0.4, 0.5) is 10.2 Å². The Morgan fingerprint density at radius 2 is 1.52 bits per heavy atom. The molecule has 3 saturated carbocycles. The maximum absolute atomic E-state index is 12.8. The van der Waals surface area contributed by atoms with Gasteiger partial charge in [-0.2, -0.15) is 4.39 Å². The van der Waals surface area contributed by atoms with Gasteiger partial charge < -0.3 is 10.6 Å². The van der Waals surface area contributed by atoms with E-state index in [0.717, 1.165) is 56.6 Å². The SMILES string of the molecule is O=C(NC1CCC(Nc2cnc(F)cn2)CC1)C1CCC(C2CCC2)CC1. The molecular weight excluding hydrogens is 343 g/mol. The molecule has 148 valence electrons. The number of aromatic nitrogens is 2. The van der Waals surface area contributed by atoms with Crippen LogP contribution in [-0.4, -0.2) is 28.0 Å². The monoisotopic (exact) mass is 374 g/mol. The van der Waals surface area contributed by atoms with Gasteiger partial charge in [-0.15, -0.1) is 0 Å². The summed E-state index contributed by atoms with van der Waals surface area (Å²) in [6, 6.07) is 0.607. The lowest BCUT2D eigenvalue weighted by Gasteiger charge is -2.38. The van der Waals surface area contributed by atoms with Crippen LogP contribution < -0.4 is 10.6 Å². The van der Waals surface area contributed by atoms with E-state index >= 15 is 0 Å². The van der Waals surface area contributed by atoms with E-state index in [2.05, 4.69) is 20.6 Å². The largest absolute Gasteiger partial charge is 0.366 e. The molecule has 0 aliphatic heterocycles. The molecule has 2 N–H and O–H groups in total. The number of anilines is 1. The summed E-state index contributed by atoms with van der Waals surface area (Å²) in [4.78, 5) is 20.3. The van der Waals surface area contributed by atoms with E-state index in [0.29, 0.717) is 17.9 Å². The van der Waals surface area contributed by atoms with Crippen molar-refractivity contribution in [2.45, 2.75) is 82.7 Å². The topological polar surface area (TPSA) is 66.9 Å². The maximum atomic E-state index is 12.8. The molecule has 1 heterocycles. The molecule has 0 saturated heterocycles. The van der Waals surface area contributed by atoms with Gasteiger partial charge in [0.25, 0.3) is 0 Å². The van der Waals surface area contributed by atoms with Crippen molar-refractivity contribution in [3.05, 3.63) is 18.3 Å². The third kappa shape index (κ3) is 4.77. The average molecular weight is 375 g/mol. The molecule has 6 heteroatoms. The highest BCUT2D eigenvalue weighted by Crippen LogP contribution is 2.42. The second-order valence-electron chi connectivity index (χ2n) is 8.73. The number of rotatable bonds is 5. The van der Waals surface area contributed by atoms with Crippen LogP contribution in [0, 0.1) is 23.7 Å². The molecule has 0 bridgehead atoms. The van der Waals surface area contributed by atoms with Gasteiger partial charge in [0, 0.05) is 18.0 Å². The number of amides is 1. The lowest BCUT2D eigenvalue weighted by atomic mass is 9.68. The predicted octanol–water partition coefficient (Wildman–Crippen LogP) is 4.06. The number of halogens is 1. The summed E-state index contributed by atoms with van der Waals surface area (Å²) in [5.74, 6) is 2.41. The van der Waals surface area contributed by atoms with Crippen molar-refractivity contribution >= 4 is 11.7 Å². The summed E-state index contributed by atoms with van der Waals surface area (Å²) in [6.07, 6.45) is 15.4. The van der Waals surface area contributed by atoms with Crippen molar-refractivity contribution in [2.75, 3.05) is 5.32 Å². The van der Waals surface area contributed by atoms with Crippen LogP contribution in [0.25, 0.3) is 0 Å². The van der Waals surface area contributed by atoms with E-state index in [1.165, 1.54) is 38.3 Å². The van der Waals surface area contributed by atoms with Crippen molar-refractivity contribution in [3.63, 3.8) is 0 Å². The summed E-state index contributed by atoms with van der Waals surface area (Å²) >= 11 is 0. The number of nitrogens with one attached hydrogen (secondary N) is 2. The molecule has 3 aliphatic rings. The Morgan fingerprint density at radius 3 is 2.11 bits per heavy atom. The van der Waals surface area contributed by atoms with Crippen molar-refractivity contribution in [3.8, 4) is 0 Å². The van der Waals surface area contributed by atoms with Gasteiger partial charge in [-0.25, -0.2) is 9.97 Å². The first-order chi connectivity index (χ1) is 13.2. The van der Waals surface area contributed by atoms with Gasteiger partial charge in [0.2, 0.25) is 11.9 Å². The van der Waals surface area contributed by atoms with Crippen LogP contribution in [0.15, 0.2) is 12.4 Å². The molecule has 1 amide bonds. The fraction of sp³-hybridized carbons (Fsp3) is 0.762. The number of hydrogen-bond acceptors (Lipinski definition) is 4. The first-order valence-corrected chi connectivity index (χ1v) is 10.7. The molecule has 0 atom stereocenters. The molecule has 4 rings (SSSR count). The number of hydrogen-bond donors (Lipinski definition) is 2. The van der Waals surface area contributed by atoms with Crippen molar-refractivity contribution in [2.24, 2.45) is 17.8 Å².